The third kappa shape index (κ3) is 3.67. The number of hydrogen-bond acceptors (Lipinski definition) is 3. The molecule has 0 aromatic heterocycles. The predicted molar refractivity (Wildman–Crippen MR) is 79.2 cm³/mol. The van der Waals surface area contributed by atoms with Crippen LogP contribution >= 0.6 is 12.2 Å². The summed E-state index contributed by atoms with van der Waals surface area (Å²) in [4.78, 5) is 11.5. The van der Waals surface area contributed by atoms with Gasteiger partial charge in [0.2, 0.25) is 0 Å². The van der Waals surface area contributed by atoms with Gasteiger partial charge in [-0.1, -0.05) is 6.07 Å². The Hall–Kier alpha value is -1.62. The molecule has 2 N–H and O–H groups in total. The number of benzene rings is 1. The Bertz CT molecular complexity index is 496. The fraction of sp³-hybridized carbons (Fsp3) is 0.429. The van der Waals surface area contributed by atoms with E-state index in [4.69, 9.17) is 17.0 Å². The lowest BCUT2D eigenvalue weighted by Gasteiger charge is -2.14. The molecule has 0 unspecified atom stereocenters. The van der Waals surface area contributed by atoms with Crippen molar-refractivity contribution >= 4 is 29.0 Å². The van der Waals surface area contributed by atoms with Gasteiger partial charge in [-0.05, 0) is 56.2 Å². The molecular weight excluding hydrogens is 260 g/mol. The van der Waals surface area contributed by atoms with Crippen molar-refractivity contribution in [2.24, 2.45) is 0 Å². The quantitative estimate of drug-likeness (QED) is 0.642. The van der Waals surface area contributed by atoms with Gasteiger partial charge >= 0.3 is 5.97 Å². The van der Waals surface area contributed by atoms with Crippen LogP contribution in [0.4, 0.5) is 5.69 Å². The minimum atomic E-state index is -0.346. The maximum atomic E-state index is 11.5. The second kappa shape index (κ2) is 5.57. The first-order chi connectivity index (χ1) is 8.94. The van der Waals surface area contributed by atoms with Crippen LogP contribution in [0.1, 0.15) is 24.5 Å². The average Bonchev–Trinajstić information content (AvgIpc) is 2.55. The molecule has 19 heavy (non-hydrogen) atoms. The van der Waals surface area contributed by atoms with Crippen LogP contribution in [0.2, 0.25) is 0 Å². The molecule has 1 aromatic rings. The van der Waals surface area contributed by atoms with E-state index in [1.165, 1.54) is 11.1 Å². The van der Waals surface area contributed by atoms with Crippen LogP contribution in [0, 0.1) is 13.8 Å². The van der Waals surface area contributed by atoms with Crippen molar-refractivity contribution in [3.05, 3.63) is 29.3 Å². The number of anilines is 1. The fourth-order valence-corrected chi connectivity index (χ4v) is 2.51. The summed E-state index contributed by atoms with van der Waals surface area (Å²) in [6.45, 7) is 5.94. The van der Waals surface area contributed by atoms with E-state index in [2.05, 4.69) is 16.7 Å². The molecule has 1 heterocycles. The van der Waals surface area contributed by atoms with Crippen LogP contribution in [-0.2, 0) is 9.53 Å². The van der Waals surface area contributed by atoms with E-state index in [0.717, 1.165) is 5.69 Å². The number of rotatable bonds is 2. The zero-order chi connectivity index (χ0) is 14.0. The maximum Gasteiger partial charge on any atom is 0.329 e. The second-order valence-corrected chi connectivity index (χ2v) is 5.42. The van der Waals surface area contributed by atoms with E-state index in [1.54, 1.807) is 0 Å². The third-order valence-corrected chi connectivity index (χ3v) is 3.17. The number of thiocarbonyl (C=S) groups is 1. The van der Waals surface area contributed by atoms with E-state index < -0.39 is 0 Å². The van der Waals surface area contributed by atoms with Gasteiger partial charge in [-0.2, -0.15) is 0 Å². The topological polar surface area (TPSA) is 50.4 Å². The molecule has 2 atom stereocenters. The molecule has 1 aromatic carbocycles. The van der Waals surface area contributed by atoms with Gasteiger partial charge in [0, 0.05) is 12.1 Å². The highest BCUT2D eigenvalue weighted by atomic mass is 32.1. The van der Waals surface area contributed by atoms with E-state index in [0.29, 0.717) is 11.5 Å². The number of carbonyl (C=O) groups excluding carboxylic acids is 1. The van der Waals surface area contributed by atoms with E-state index in [9.17, 15) is 4.79 Å². The Labute approximate surface area is 118 Å². The average molecular weight is 278 g/mol. The van der Waals surface area contributed by atoms with Crippen LogP contribution in [0.5, 0.6) is 0 Å². The van der Waals surface area contributed by atoms with Crippen LogP contribution in [0.15, 0.2) is 18.2 Å². The van der Waals surface area contributed by atoms with E-state index in [1.807, 2.05) is 32.9 Å². The molecule has 0 aliphatic carbocycles. The van der Waals surface area contributed by atoms with Crippen LogP contribution in [0.25, 0.3) is 0 Å². The van der Waals surface area contributed by atoms with Gasteiger partial charge in [0.05, 0.1) is 0 Å². The zero-order valence-corrected chi connectivity index (χ0v) is 12.1. The molecule has 0 amide bonds. The third-order valence-electron chi connectivity index (χ3n) is 2.95. The van der Waals surface area contributed by atoms with Gasteiger partial charge in [-0.25, -0.2) is 4.79 Å². The van der Waals surface area contributed by atoms with E-state index >= 15 is 0 Å². The van der Waals surface area contributed by atoms with Crippen LogP contribution in [-0.4, -0.2) is 23.2 Å². The van der Waals surface area contributed by atoms with E-state index in [-0.39, 0.29) is 18.1 Å². The molecule has 4 nitrogen and oxygen atoms in total. The lowest BCUT2D eigenvalue weighted by Crippen LogP contribution is -2.40. The molecule has 0 spiro atoms. The van der Waals surface area contributed by atoms with Gasteiger partial charge in [0.25, 0.3) is 0 Å². The molecule has 5 heteroatoms. The Morgan fingerprint density at radius 2 is 1.95 bits per heavy atom. The van der Waals surface area contributed by atoms with Gasteiger partial charge in [0.15, 0.2) is 5.11 Å². The van der Waals surface area contributed by atoms with Crippen LogP contribution < -0.4 is 10.6 Å². The van der Waals surface area contributed by atoms with Gasteiger partial charge in [0.1, 0.15) is 12.1 Å². The number of cyclic esters (lactones) is 1. The Morgan fingerprint density at radius 1 is 1.32 bits per heavy atom. The highest BCUT2D eigenvalue weighted by molar-refractivity contribution is 7.80. The molecule has 1 saturated heterocycles. The highest BCUT2D eigenvalue weighted by Gasteiger charge is 2.32. The Morgan fingerprint density at radius 3 is 2.47 bits per heavy atom. The van der Waals surface area contributed by atoms with Crippen molar-refractivity contribution in [3.63, 3.8) is 0 Å². The summed E-state index contributed by atoms with van der Waals surface area (Å²) >= 11 is 5.22. The summed E-state index contributed by atoms with van der Waals surface area (Å²) in [5.74, 6) is -0.239. The number of aryl methyl sites for hydroxylation is 2. The molecule has 102 valence electrons. The minimum Gasteiger partial charge on any atom is -0.461 e. The Balaban J connectivity index is 1.96. The number of carbonyl (C=O) groups is 1. The Kier molecular flexibility index (Phi) is 4.04. The summed E-state index contributed by atoms with van der Waals surface area (Å²) in [5, 5.41) is 6.54. The zero-order valence-electron chi connectivity index (χ0n) is 11.3. The van der Waals surface area contributed by atoms with Crippen molar-refractivity contribution in [2.45, 2.75) is 39.3 Å². The lowest BCUT2D eigenvalue weighted by molar-refractivity contribution is -0.142. The molecule has 0 radical (unpaired) electrons. The lowest BCUT2D eigenvalue weighted by atomic mass is 10.1. The molecule has 0 saturated carbocycles. The normalized spacial score (nSPS) is 21.9. The standard InChI is InChI=1S/C14H18N2O2S/c1-8-4-9(2)6-11(5-8)15-14(19)16-12-7-10(3)18-13(12)17/h4-6,10,12H,7H2,1-3H3,(H2,15,16,19)/t10-,12-/m0/s1. The first kappa shape index (κ1) is 13.8. The summed E-state index contributed by atoms with van der Waals surface area (Å²) in [6, 6.07) is 5.77. The molecular formula is C14H18N2O2S. The number of esters is 1. The monoisotopic (exact) mass is 278 g/mol. The molecule has 2 rings (SSSR count). The molecule has 1 aliphatic heterocycles. The first-order valence-corrected chi connectivity index (χ1v) is 6.71. The predicted octanol–water partition coefficient (Wildman–Crippen LogP) is 2.29. The van der Waals surface area contributed by atoms with Gasteiger partial charge in [-0.15, -0.1) is 0 Å². The van der Waals surface area contributed by atoms with Crippen molar-refractivity contribution in [3.8, 4) is 0 Å². The molecule has 1 aliphatic rings. The largest absolute Gasteiger partial charge is 0.461 e. The number of ether oxygens (including phenoxy) is 1. The van der Waals surface area contributed by atoms with Crippen molar-refractivity contribution in [1.82, 2.24) is 5.32 Å². The van der Waals surface area contributed by atoms with Crippen molar-refractivity contribution in [1.29, 1.82) is 0 Å². The number of nitrogens with one attached hydrogen (secondary N) is 2. The molecule has 0 bridgehead atoms. The maximum absolute atomic E-state index is 11.5. The SMILES string of the molecule is Cc1cc(C)cc(NC(=S)N[C@H]2C[C@H](C)OC2=O)c1. The number of hydrogen-bond donors (Lipinski definition) is 2. The second-order valence-electron chi connectivity index (χ2n) is 5.01. The summed E-state index contributed by atoms with van der Waals surface area (Å²) in [6.07, 6.45) is 0.599. The fourth-order valence-electron chi connectivity index (χ4n) is 2.25. The van der Waals surface area contributed by atoms with Gasteiger partial charge < -0.3 is 15.4 Å². The van der Waals surface area contributed by atoms with Gasteiger partial charge in [-0.3, -0.25) is 0 Å². The summed E-state index contributed by atoms with van der Waals surface area (Å²) in [5.41, 5.74) is 3.26. The van der Waals surface area contributed by atoms with Crippen molar-refractivity contribution < 1.29 is 9.53 Å². The summed E-state index contributed by atoms with van der Waals surface area (Å²) in [7, 11) is 0. The summed E-state index contributed by atoms with van der Waals surface area (Å²) < 4.78 is 5.07. The smallest absolute Gasteiger partial charge is 0.329 e. The minimum absolute atomic E-state index is 0.0472. The van der Waals surface area contributed by atoms with Crippen LogP contribution in [0.3, 0.4) is 0 Å². The first-order valence-electron chi connectivity index (χ1n) is 6.30. The molecule has 1 fully saturated rings. The van der Waals surface area contributed by atoms with Crippen molar-refractivity contribution in [2.75, 3.05) is 5.32 Å². The highest BCUT2D eigenvalue weighted by Crippen LogP contribution is 2.16.